The van der Waals surface area contributed by atoms with Gasteiger partial charge in [-0.3, -0.25) is 0 Å². The highest BCUT2D eigenvalue weighted by atomic mass is 32.2. The molecular weight excluding hydrogens is 274 g/mol. The summed E-state index contributed by atoms with van der Waals surface area (Å²) in [6.07, 6.45) is 0.477. The summed E-state index contributed by atoms with van der Waals surface area (Å²) >= 11 is 0. The molecule has 2 aromatic rings. The van der Waals surface area contributed by atoms with E-state index in [1.807, 2.05) is 31.2 Å². The third-order valence-corrected chi connectivity index (χ3v) is 4.90. The first-order chi connectivity index (χ1) is 9.36. The number of hydrogen-bond donors (Lipinski definition) is 2. The Morgan fingerprint density at radius 3 is 2.50 bits per heavy atom. The number of aliphatic hydroxyl groups is 1. The molecule has 0 saturated carbocycles. The summed E-state index contributed by atoms with van der Waals surface area (Å²) in [5, 5.41) is 11.5. The van der Waals surface area contributed by atoms with Crippen LogP contribution in [0.15, 0.2) is 47.4 Å². The number of fused-ring (bicyclic) bond motifs is 1. The Morgan fingerprint density at radius 2 is 1.80 bits per heavy atom. The molecule has 0 aliphatic carbocycles. The number of benzene rings is 2. The molecular formula is C15H19NO3S. The third-order valence-electron chi connectivity index (χ3n) is 3.44. The Balaban J connectivity index is 2.38. The molecule has 1 unspecified atom stereocenters. The fourth-order valence-electron chi connectivity index (χ4n) is 1.88. The zero-order valence-corrected chi connectivity index (χ0v) is 12.4. The van der Waals surface area contributed by atoms with Crippen LogP contribution in [-0.2, 0) is 10.0 Å². The van der Waals surface area contributed by atoms with Crippen LogP contribution in [0.25, 0.3) is 10.8 Å². The van der Waals surface area contributed by atoms with Crippen molar-refractivity contribution >= 4 is 20.8 Å². The number of sulfonamides is 1. The van der Waals surface area contributed by atoms with Crippen LogP contribution in [0.1, 0.15) is 20.3 Å². The first kappa shape index (κ1) is 15.0. The second-order valence-electron chi connectivity index (χ2n) is 5.15. The first-order valence-corrected chi connectivity index (χ1v) is 8.04. The Kier molecular flexibility index (Phi) is 4.13. The van der Waals surface area contributed by atoms with Crippen LogP contribution in [0, 0.1) is 0 Å². The summed E-state index contributed by atoms with van der Waals surface area (Å²) in [5.74, 6) is 0. The summed E-state index contributed by atoms with van der Waals surface area (Å²) in [6, 6.07) is 12.5. The Labute approximate surface area is 119 Å². The highest BCUT2D eigenvalue weighted by Crippen LogP contribution is 2.22. The van der Waals surface area contributed by atoms with Gasteiger partial charge in [-0.25, -0.2) is 13.1 Å². The standard InChI is InChI=1S/C15H19NO3S/c1-3-15(2,17)11-16-20(18,19)14-10-6-8-12-7-4-5-9-13(12)14/h4-10,16-17H,3,11H2,1-2H3. The average molecular weight is 293 g/mol. The van der Waals surface area contributed by atoms with Crippen LogP contribution in [-0.4, -0.2) is 25.7 Å². The molecule has 0 fully saturated rings. The summed E-state index contributed by atoms with van der Waals surface area (Å²) in [4.78, 5) is 0.238. The van der Waals surface area contributed by atoms with E-state index in [1.54, 1.807) is 25.1 Å². The zero-order chi connectivity index (χ0) is 14.8. The maximum atomic E-state index is 12.4. The van der Waals surface area contributed by atoms with Crippen LogP contribution in [0.4, 0.5) is 0 Å². The van der Waals surface area contributed by atoms with Gasteiger partial charge in [-0.1, -0.05) is 43.3 Å². The largest absolute Gasteiger partial charge is 0.389 e. The summed E-state index contributed by atoms with van der Waals surface area (Å²) in [6.45, 7) is 3.42. The van der Waals surface area contributed by atoms with Crippen molar-refractivity contribution in [2.45, 2.75) is 30.8 Å². The molecule has 2 rings (SSSR count). The normalized spacial score (nSPS) is 15.2. The van der Waals surface area contributed by atoms with E-state index in [0.29, 0.717) is 11.8 Å². The highest BCUT2D eigenvalue weighted by molar-refractivity contribution is 7.89. The van der Waals surface area contributed by atoms with Gasteiger partial charge in [-0.05, 0) is 24.8 Å². The van der Waals surface area contributed by atoms with Gasteiger partial charge in [0, 0.05) is 11.9 Å². The molecule has 0 spiro atoms. The quantitative estimate of drug-likeness (QED) is 0.889. The summed E-state index contributed by atoms with van der Waals surface area (Å²) in [5.41, 5.74) is -1.04. The molecule has 108 valence electrons. The van der Waals surface area contributed by atoms with Crippen molar-refractivity contribution in [3.8, 4) is 0 Å². The van der Waals surface area contributed by atoms with Gasteiger partial charge in [0.1, 0.15) is 0 Å². The minimum Gasteiger partial charge on any atom is -0.389 e. The molecule has 0 aliphatic heterocycles. The predicted molar refractivity (Wildman–Crippen MR) is 80.1 cm³/mol. The monoisotopic (exact) mass is 293 g/mol. The SMILES string of the molecule is CCC(C)(O)CNS(=O)(=O)c1cccc2ccccc12. The van der Waals surface area contributed by atoms with Crippen LogP contribution in [0.5, 0.6) is 0 Å². The van der Waals surface area contributed by atoms with Crippen molar-refractivity contribution in [2.24, 2.45) is 0 Å². The molecule has 20 heavy (non-hydrogen) atoms. The zero-order valence-electron chi connectivity index (χ0n) is 11.6. The molecule has 1 atom stereocenters. The van der Waals surface area contributed by atoms with Crippen molar-refractivity contribution in [1.82, 2.24) is 4.72 Å². The average Bonchev–Trinajstić information content (AvgIpc) is 2.45. The van der Waals surface area contributed by atoms with Crippen molar-refractivity contribution in [3.63, 3.8) is 0 Å². The molecule has 0 bridgehead atoms. The van der Waals surface area contributed by atoms with Gasteiger partial charge < -0.3 is 5.11 Å². The molecule has 0 heterocycles. The number of hydrogen-bond acceptors (Lipinski definition) is 3. The lowest BCUT2D eigenvalue weighted by Gasteiger charge is -2.21. The lowest BCUT2D eigenvalue weighted by molar-refractivity contribution is 0.0613. The van der Waals surface area contributed by atoms with Crippen LogP contribution >= 0.6 is 0 Å². The maximum absolute atomic E-state index is 12.4. The molecule has 2 N–H and O–H groups in total. The van der Waals surface area contributed by atoms with E-state index in [2.05, 4.69) is 4.72 Å². The van der Waals surface area contributed by atoms with Gasteiger partial charge >= 0.3 is 0 Å². The Hall–Kier alpha value is -1.43. The summed E-state index contributed by atoms with van der Waals surface area (Å²) < 4.78 is 27.3. The molecule has 5 heteroatoms. The highest BCUT2D eigenvalue weighted by Gasteiger charge is 2.23. The van der Waals surface area contributed by atoms with Crippen LogP contribution in [0.2, 0.25) is 0 Å². The van der Waals surface area contributed by atoms with Crippen molar-refractivity contribution in [3.05, 3.63) is 42.5 Å². The molecule has 0 aliphatic rings. The molecule has 0 radical (unpaired) electrons. The van der Waals surface area contributed by atoms with E-state index in [1.165, 1.54) is 0 Å². The number of rotatable bonds is 5. The minimum atomic E-state index is -3.64. The van der Waals surface area contributed by atoms with Crippen molar-refractivity contribution < 1.29 is 13.5 Å². The van der Waals surface area contributed by atoms with Gasteiger partial charge in [0.2, 0.25) is 10.0 Å². The van der Waals surface area contributed by atoms with Gasteiger partial charge in [-0.2, -0.15) is 0 Å². The molecule has 0 aromatic heterocycles. The van der Waals surface area contributed by atoms with Gasteiger partial charge in [-0.15, -0.1) is 0 Å². The second kappa shape index (κ2) is 5.52. The Morgan fingerprint density at radius 1 is 1.15 bits per heavy atom. The summed E-state index contributed by atoms with van der Waals surface area (Å²) in [7, 11) is -3.64. The predicted octanol–water partition coefficient (Wildman–Crippen LogP) is 2.28. The van der Waals surface area contributed by atoms with E-state index in [9.17, 15) is 13.5 Å². The van der Waals surface area contributed by atoms with E-state index in [0.717, 1.165) is 5.39 Å². The van der Waals surface area contributed by atoms with E-state index in [-0.39, 0.29) is 11.4 Å². The molecule has 0 saturated heterocycles. The Bertz CT molecular complexity index is 703. The third kappa shape index (κ3) is 3.17. The molecule has 0 amide bonds. The van der Waals surface area contributed by atoms with Crippen molar-refractivity contribution in [1.29, 1.82) is 0 Å². The topological polar surface area (TPSA) is 66.4 Å². The van der Waals surface area contributed by atoms with Crippen LogP contribution < -0.4 is 4.72 Å². The van der Waals surface area contributed by atoms with Gasteiger partial charge in [0.25, 0.3) is 0 Å². The second-order valence-corrected chi connectivity index (χ2v) is 6.89. The maximum Gasteiger partial charge on any atom is 0.241 e. The van der Waals surface area contributed by atoms with E-state index < -0.39 is 15.6 Å². The first-order valence-electron chi connectivity index (χ1n) is 6.55. The van der Waals surface area contributed by atoms with Gasteiger partial charge in [0.05, 0.1) is 10.5 Å². The van der Waals surface area contributed by atoms with Crippen molar-refractivity contribution in [2.75, 3.05) is 6.54 Å². The van der Waals surface area contributed by atoms with E-state index in [4.69, 9.17) is 0 Å². The van der Waals surface area contributed by atoms with E-state index >= 15 is 0 Å². The smallest absolute Gasteiger partial charge is 0.241 e. The minimum absolute atomic E-state index is 0.00491. The molecule has 4 nitrogen and oxygen atoms in total. The fraction of sp³-hybridized carbons (Fsp3) is 0.333. The van der Waals surface area contributed by atoms with Crippen LogP contribution in [0.3, 0.4) is 0 Å². The lowest BCUT2D eigenvalue weighted by Crippen LogP contribution is -2.40. The fourth-order valence-corrected chi connectivity index (χ4v) is 3.27. The number of nitrogens with one attached hydrogen (secondary N) is 1. The lowest BCUT2D eigenvalue weighted by atomic mass is 10.1. The van der Waals surface area contributed by atoms with Gasteiger partial charge in [0.15, 0.2) is 0 Å². The molecule has 2 aromatic carbocycles.